The molecular formula is C13H15N3O2S2. The number of nitrogens with two attached hydrogens (primary N) is 1. The first-order valence-corrected chi connectivity index (χ1v) is 7.73. The quantitative estimate of drug-likeness (QED) is 0.656. The SMILES string of the molecule is COc1ccc(N)cc1NC(=O)CSc1nc(C)cs1. The van der Waals surface area contributed by atoms with Crippen LogP contribution in [0.4, 0.5) is 11.4 Å². The summed E-state index contributed by atoms with van der Waals surface area (Å²) in [7, 11) is 1.55. The third-order valence-electron chi connectivity index (χ3n) is 2.42. The minimum absolute atomic E-state index is 0.119. The van der Waals surface area contributed by atoms with E-state index in [0.29, 0.717) is 22.9 Å². The van der Waals surface area contributed by atoms with Gasteiger partial charge >= 0.3 is 0 Å². The van der Waals surface area contributed by atoms with E-state index in [0.717, 1.165) is 10.0 Å². The number of nitrogen functional groups attached to an aromatic ring is 1. The Kier molecular flexibility index (Phi) is 4.86. The standard InChI is InChI=1S/C13H15N3O2S2/c1-8-6-19-13(15-8)20-7-12(17)16-10-5-9(14)3-4-11(10)18-2/h3-6H,7,14H2,1-2H3,(H,16,17). The molecule has 5 nitrogen and oxygen atoms in total. The minimum Gasteiger partial charge on any atom is -0.495 e. The van der Waals surface area contributed by atoms with Crippen molar-refractivity contribution in [3.63, 3.8) is 0 Å². The van der Waals surface area contributed by atoms with Crippen molar-refractivity contribution in [1.29, 1.82) is 0 Å². The average Bonchev–Trinajstić information content (AvgIpc) is 2.83. The summed E-state index contributed by atoms with van der Waals surface area (Å²) in [6.45, 7) is 1.93. The van der Waals surface area contributed by atoms with Gasteiger partial charge in [0, 0.05) is 16.8 Å². The van der Waals surface area contributed by atoms with Gasteiger partial charge in [-0.2, -0.15) is 0 Å². The van der Waals surface area contributed by atoms with Gasteiger partial charge in [0.1, 0.15) is 5.75 Å². The highest BCUT2D eigenvalue weighted by Crippen LogP contribution is 2.27. The summed E-state index contributed by atoms with van der Waals surface area (Å²) < 4.78 is 6.07. The minimum atomic E-state index is -0.119. The zero-order chi connectivity index (χ0) is 14.5. The molecule has 0 fully saturated rings. The van der Waals surface area contributed by atoms with Crippen molar-refractivity contribution in [3.05, 3.63) is 29.3 Å². The van der Waals surface area contributed by atoms with Gasteiger partial charge in [0.15, 0.2) is 4.34 Å². The third-order valence-corrected chi connectivity index (χ3v) is 4.56. The van der Waals surface area contributed by atoms with E-state index in [9.17, 15) is 4.79 Å². The molecule has 1 amide bonds. The van der Waals surface area contributed by atoms with Crippen molar-refractivity contribution in [2.75, 3.05) is 23.9 Å². The maximum Gasteiger partial charge on any atom is 0.234 e. The fourth-order valence-electron chi connectivity index (χ4n) is 1.54. The van der Waals surface area contributed by atoms with E-state index in [-0.39, 0.29) is 5.91 Å². The van der Waals surface area contributed by atoms with Crippen LogP contribution in [-0.2, 0) is 4.79 Å². The second kappa shape index (κ2) is 6.62. The molecule has 1 aromatic carbocycles. The normalized spacial score (nSPS) is 10.3. The number of aromatic nitrogens is 1. The number of anilines is 2. The number of thioether (sulfide) groups is 1. The van der Waals surface area contributed by atoms with Crippen molar-refractivity contribution in [2.24, 2.45) is 0 Å². The van der Waals surface area contributed by atoms with Crippen LogP contribution in [0.5, 0.6) is 5.75 Å². The molecule has 7 heteroatoms. The van der Waals surface area contributed by atoms with Crippen LogP contribution in [0.25, 0.3) is 0 Å². The Morgan fingerprint density at radius 3 is 3.00 bits per heavy atom. The van der Waals surface area contributed by atoms with Gasteiger partial charge in [0.05, 0.1) is 18.6 Å². The molecule has 20 heavy (non-hydrogen) atoms. The van der Waals surface area contributed by atoms with Gasteiger partial charge in [0.25, 0.3) is 0 Å². The number of methoxy groups -OCH3 is 1. The Morgan fingerprint density at radius 2 is 2.35 bits per heavy atom. The van der Waals surface area contributed by atoms with Gasteiger partial charge in [-0.1, -0.05) is 11.8 Å². The monoisotopic (exact) mass is 309 g/mol. The Hall–Kier alpha value is -1.73. The number of benzene rings is 1. The van der Waals surface area contributed by atoms with Crippen molar-refractivity contribution in [3.8, 4) is 5.75 Å². The molecule has 0 spiro atoms. The van der Waals surface area contributed by atoms with Crippen molar-refractivity contribution >= 4 is 40.4 Å². The molecule has 0 atom stereocenters. The molecular weight excluding hydrogens is 294 g/mol. The Bertz CT molecular complexity index is 613. The van der Waals surface area contributed by atoms with Crippen LogP contribution in [0.3, 0.4) is 0 Å². The van der Waals surface area contributed by atoms with Gasteiger partial charge < -0.3 is 15.8 Å². The lowest BCUT2D eigenvalue weighted by Crippen LogP contribution is -2.14. The van der Waals surface area contributed by atoms with Crippen molar-refractivity contribution in [1.82, 2.24) is 4.98 Å². The van der Waals surface area contributed by atoms with Gasteiger partial charge in [-0.3, -0.25) is 4.79 Å². The van der Waals surface area contributed by atoms with Gasteiger partial charge in [-0.05, 0) is 25.1 Å². The summed E-state index contributed by atoms with van der Waals surface area (Å²) >= 11 is 2.94. The highest BCUT2D eigenvalue weighted by Gasteiger charge is 2.09. The zero-order valence-corrected chi connectivity index (χ0v) is 12.8. The van der Waals surface area contributed by atoms with E-state index in [1.54, 1.807) is 25.3 Å². The van der Waals surface area contributed by atoms with Crippen LogP contribution in [0, 0.1) is 6.92 Å². The average molecular weight is 309 g/mol. The Labute approximate surface area is 125 Å². The Balaban J connectivity index is 1.96. The van der Waals surface area contributed by atoms with Crippen LogP contribution in [0.1, 0.15) is 5.69 Å². The van der Waals surface area contributed by atoms with Crippen LogP contribution in [-0.4, -0.2) is 23.8 Å². The number of hydrogen-bond donors (Lipinski definition) is 2. The van der Waals surface area contributed by atoms with Crippen LogP contribution in [0.2, 0.25) is 0 Å². The fourth-order valence-corrected chi connectivity index (χ4v) is 3.18. The number of rotatable bonds is 5. The number of nitrogens with one attached hydrogen (secondary N) is 1. The summed E-state index contributed by atoms with van der Waals surface area (Å²) in [6, 6.07) is 5.12. The number of aryl methyl sites for hydroxylation is 1. The topological polar surface area (TPSA) is 77.2 Å². The zero-order valence-electron chi connectivity index (χ0n) is 11.2. The van der Waals surface area contributed by atoms with E-state index >= 15 is 0 Å². The molecule has 1 aromatic heterocycles. The molecule has 0 unspecified atom stereocenters. The van der Waals surface area contributed by atoms with E-state index in [4.69, 9.17) is 10.5 Å². The predicted molar refractivity (Wildman–Crippen MR) is 83.6 cm³/mol. The molecule has 106 valence electrons. The van der Waals surface area contributed by atoms with E-state index in [1.165, 1.54) is 23.1 Å². The smallest absolute Gasteiger partial charge is 0.234 e. The molecule has 0 aliphatic rings. The number of hydrogen-bond acceptors (Lipinski definition) is 6. The van der Waals surface area contributed by atoms with Gasteiger partial charge in [0.2, 0.25) is 5.91 Å². The summed E-state index contributed by atoms with van der Waals surface area (Å²) in [5, 5.41) is 4.75. The molecule has 0 saturated heterocycles. The Morgan fingerprint density at radius 1 is 1.55 bits per heavy atom. The number of nitrogens with zero attached hydrogens (tertiary/aromatic N) is 1. The second-order valence-corrected chi connectivity index (χ2v) is 6.13. The summed E-state index contributed by atoms with van der Waals surface area (Å²) in [5.74, 6) is 0.764. The first-order valence-electron chi connectivity index (χ1n) is 5.87. The van der Waals surface area contributed by atoms with Gasteiger partial charge in [-0.25, -0.2) is 4.98 Å². The lowest BCUT2D eigenvalue weighted by atomic mass is 10.2. The lowest BCUT2D eigenvalue weighted by Gasteiger charge is -2.10. The molecule has 1 heterocycles. The van der Waals surface area contributed by atoms with Crippen molar-refractivity contribution < 1.29 is 9.53 Å². The van der Waals surface area contributed by atoms with Crippen LogP contribution in [0.15, 0.2) is 27.9 Å². The highest BCUT2D eigenvalue weighted by molar-refractivity contribution is 8.01. The maximum atomic E-state index is 11.9. The second-order valence-electron chi connectivity index (χ2n) is 4.05. The molecule has 2 aromatic rings. The molecule has 0 radical (unpaired) electrons. The number of amides is 1. The number of carbonyl (C=O) groups is 1. The summed E-state index contributed by atoms with van der Waals surface area (Å²) in [4.78, 5) is 16.2. The molecule has 0 aliphatic carbocycles. The van der Waals surface area contributed by atoms with E-state index in [2.05, 4.69) is 10.3 Å². The first kappa shape index (κ1) is 14.7. The van der Waals surface area contributed by atoms with Crippen molar-refractivity contribution in [2.45, 2.75) is 11.3 Å². The summed E-state index contributed by atoms with van der Waals surface area (Å²) in [6.07, 6.45) is 0. The van der Waals surface area contributed by atoms with Gasteiger partial charge in [-0.15, -0.1) is 11.3 Å². The van der Waals surface area contributed by atoms with E-state index in [1.807, 2.05) is 12.3 Å². The van der Waals surface area contributed by atoms with E-state index < -0.39 is 0 Å². The molecule has 0 bridgehead atoms. The van der Waals surface area contributed by atoms with Crippen LogP contribution < -0.4 is 15.8 Å². The molecule has 2 rings (SSSR count). The lowest BCUT2D eigenvalue weighted by molar-refractivity contribution is -0.113. The number of ether oxygens (including phenoxy) is 1. The summed E-state index contributed by atoms with van der Waals surface area (Å²) in [5.41, 5.74) is 7.82. The molecule has 0 saturated carbocycles. The number of carbonyl (C=O) groups excluding carboxylic acids is 1. The number of thiazole rings is 1. The molecule has 0 aliphatic heterocycles. The highest BCUT2D eigenvalue weighted by atomic mass is 32.2. The largest absolute Gasteiger partial charge is 0.495 e. The fraction of sp³-hybridized carbons (Fsp3) is 0.231. The third kappa shape index (κ3) is 3.88. The molecule has 3 N–H and O–H groups in total. The maximum absolute atomic E-state index is 11.9. The first-order chi connectivity index (χ1) is 9.58. The predicted octanol–water partition coefficient (Wildman–Crippen LogP) is 2.77. The van der Waals surface area contributed by atoms with Crippen LogP contribution >= 0.6 is 23.1 Å².